The van der Waals surface area contributed by atoms with Gasteiger partial charge in [0.05, 0.1) is 0 Å². The van der Waals surface area contributed by atoms with Crippen molar-refractivity contribution < 1.29 is 23.8 Å². The van der Waals surface area contributed by atoms with E-state index in [1.165, 1.54) is 6.08 Å². The number of imide groups is 1. The molecule has 98 valence electrons. The second-order valence-corrected chi connectivity index (χ2v) is 4.04. The maximum absolute atomic E-state index is 11.8. The third kappa shape index (κ3) is 1.91. The first-order valence-corrected chi connectivity index (χ1v) is 5.84. The van der Waals surface area contributed by atoms with E-state index in [1.807, 2.05) is 0 Å². The summed E-state index contributed by atoms with van der Waals surface area (Å²) in [7, 11) is 0. The van der Waals surface area contributed by atoms with E-state index in [2.05, 4.69) is 0 Å². The number of cyclic esters (lactones) is 1. The molecule has 19 heavy (non-hydrogen) atoms. The molecule has 0 radical (unpaired) electrons. The number of benzene rings is 1. The van der Waals surface area contributed by atoms with Crippen LogP contribution in [0.15, 0.2) is 24.0 Å². The molecule has 0 atom stereocenters. The lowest BCUT2D eigenvalue weighted by molar-refractivity contribution is -0.123. The van der Waals surface area contributed by atoms with Crippen molar-refractivity contribution in [2.75, 3.05) is 13.3 Å². The van der Waals surface area contributed by atoms with Gasteiger partial charge in [0, 0.05) is 6.54 Å². The van der Waals surface area contributed by atoms with Crippen LogP contribution < -0.4 is 9.47 Å². The van der Waals surface area contributed by atoms with Crippen molar-refractivity contribution in [1.29, 1.82) is 0 Å². The van der Waals surface area contributed by atoms with E-state index in [0.29, 0.717) is 17.1 Å². The van der Waals surface area contributed by atoms with Crippen LogP contribution in [0.4, 0.5) is 4.79 Å². The molecule has 3 rings (SSSR count). The summed E-state index contributed by atoms with van der Waals surface area (Å²) in [6.45, 7) is 2.19. The van der Waals surface area contributed by atoms with Crippen LogP contribution in [0, 0.1) is 0 Å². The van der Waals surface area contributed by atoms with Crippen molar-refractivity contribution in [1.82, 2.24) is 4.90 Å². The summed E-state index contributed by atoms with van der Waals surface area (Å²) in [4.78, 5) is 24.3. The summed E-state index contributed by atoms with van der Waals surface area (Å²) in [5.74, 6) is 0.862. The predicted molar refractivity (Wildman–Crippen MR) is 64.4 cm³/mol. The second-order valence-electron chi connectivity index (χ2n) is 4.04. The van der Waals surface area contributed by atoms with Crippen molar-refractivity contribution in [3.8, 4) is 11.5 Å². The topological polar surface area (TPSA) is 65.1 Å². The molecule has 6 heteroatoms. The first kappa shape index (κ1) is 11.6. The van der Waals surface area contributed by atoms with Gasteiger partial charge in [-0.15, -0.1) is 0 Å². The summed E-state index contributed by atoms with van der Waals surface area (Å²) in [5.41, 5.74) is 0.707. The number of hydrogen-bond donors (Lipinski definition) is 0. The maximum atomic E-state index is 11.8. The average Bonchev–Trinajstić information content (AvgIpc) is 2.95. The number of rotatable bonds is 2. The Bertz CT molecular complexity index is 593. The third-order valence-corrected chi connectivity index (χ3v) is 2.88. The Balaban J connectivity index is 1.90. The van der Waals surface area contributed by atoms with Crippen molar-refractivity contribution in [2.24, 2.45) is 0 Å². The molecule has 2 aliphatic heterocycles. The monoisotopic (exact) mass is 261 g/mol. The quantitative estimate of drug-likeness (QED) is 0.759. The van der Waals surface area contributed by atoms with E-state index in [9.17, 15) is 9.59 Å². The molecule has 1 fully saturated rings. The first-order chi connectivity index (χ1) is 9.19. The minimum absolute atomic E-state index is 0.0192. The van der Waals surface area contributed by atoms with Crippen LogP contribution in [0.2, 0.25) is 0 Å². The fraction of sp³-hybridized carbons (Fsp3) is 0.231. The number of likely N-dealkylation sites (N-methyl/N-ethyl adjacent to an activating group) is 1. The van der Waals surface area contributed by atoms with E-state index < -0.39 is 12.0 Å². The van der Waals surface area contributed by atoms with E-state index in [4.69, 9.17) is 14.2 Å². The molecule has 2 aliphatic rings. The van der Waals surface area contributed by atoms with Crippen LogP contribution in [0.5, 0.6) is 11.5 Å². The van der Waals surface area contributed by atoms with Gasteiger partial charge in [0.2, 0.25) is 6.79 Å². The van der Waals surface area contributed by atoms with Gasteiger partial charge in [-0.05, 0) is 30.7 Å². The highest BCUT2D eigenvalue weighted by Gasteiger charge is 2.35. The van der Waals surface area contributed by atoms with Gasteiger partial charge in [-0.1, -0.05) is 6.07 Å². The number of ether oxygens (including phenoxy) is 3. The van der Waals surface area contributed by atoms with E-state index in [-0.39, 0.29) is 19.1 Å². The fourth-order valence-electron chi connectivity index (χ4n) is 1.93. The zero-order valence-corrected chi connectivity index (χ0v) is 10.2. The van der Waals surface area contributed by atoms with E-state index in [0.717, 1.165) is 4.90 Å². The molecule has 0 bridgehead atoms. The number of hydrogen-bond acceptors (Lipinski definition) is 5. The molecule has 2 heterocycles. The number of carbonyl (C=O) groups is 2. The summed E-state index contributed by atoms with van der Waals surface area (Å²) < 4.78 is 15.4. The van der Waals surface area contributed by atoms with E-state index in [1.54, 1.807) is 25.1 Å². The van der Waals surface area contributed by atoms with Gasteiger partial charge in [0.1, 0.15) is 0 Å². The number of fused-ring (bicyclic) bond motifs is 1. The molecule has 1 saturated heterocycles. The van der Waals surface area contributed by atoms with Crippen molar-refractivity contribution in [3.63, 3.8) is 0 Å². The molecule has 6 nitrogen and oxygen atoms in total. The molecule has 1 aromatic carbocycles. The lowest BCUT2D eigenvalue weighted by atomic mass is 10.2. The highest BCUT2D eigenvalue weighted by Crippen LogP contribution is 2.33. The predicted octanol–water partition coefficient (Wildman–Crippen LogP) is 1.75. The highest BCUT2D eigenvalue weighted by atomic mass is 16.7. The molecule has 0 unspecified atom stereocenters. The van der Waals surface area contributed by atoms with Crippen molar-refractivity contribution >= 4 is 18.1 Å². The number of nitrogens with zero attached hydrogens (tertiary/aromatic N) is 1. The van der Waals surface area contributed by atoms with Gasteiger partial charge in [0.15, 0.2) is 17.3 Å². The summed E-state index contributed by atoms with van der Waals surface area (Å²) in [6, 6.07) is 5.23. The maximum Gasteiger partial charge on any atom is 0.422 e. The van der Waals surface area contributed by atoms with Gasteiger partial charge in [-0.3, -0.25) is 4.79 Å². The Labute approximate surface area is 109 Å². The van der Waals surface area contributed by atoms with E-state index >= 15 is 0 Å². The largest absolute Gasteiger partial charge is 0.454 e. The average molecular weight is 261 g/mol. The Morgan fingerprint density at radius 2 is 2.05 bits per heavy atom. The molecule has 0 aromatic heterocycles. The lowest BCUT2D eigenvalue weighted by Gasteiger charge is -2.03. The van der Waals surface area contributed by atoms with Crippen LogP contribution >= 0.6 is 0 Å². The molecule has 1 aromatic rings. The third-order valence-electron chi connectivity index (χ3n) is 2.88. The molecular weight excluding hydrogens is 250 g/mol. The SMILES string of the molecule is CCN1C(=O)O/C(=C/c2ccc3c(c2)OCO3)C1=O. The van der Waals surface area contributed by atoms with Crippen LogP contribution in [0.3, 0.4) is 0 Å². The van der Waals surface area contributed by atoms with Crippen molar-refractivity contribution in [2.45, 2.75) is 6.92 Å². The number of carbonyl (C=O) groups excluding carboxylic acids is 2. The fourth-order valence-corrected chi connectivity index (χ4v) is 1.93. The van der Waals surface area contributed by atoms with Gasteiger partial charge in [-0.25, -0.2) is 9.69 Å². The Hall–Kier alpha value is -2.50. The van der Waals surface area contributed by atoms with Gasteiger partial charge in [0.25, 0.3) is 5.91 Å². The minimum atomic E-state index is -0.639. The number of amides is 2. The molecule has 0 saturated carbocycles. The van der Waals surface area contributed by atoms with Gasteiger partial charge in [-0.2, -0.15) is 0 Å². The lowest BCUT2D eigenvalue weighted by Crippen LogP contribution is -2.28. The second kappa shape index (κ2) is 4.31. The smallest absolute Gasteiger partial charge is 0.422 e. The molecule has 0 N–H and O–H groups in total. The Morgan fingerprint density at radius 3 is 2.79 bits per heavy atom. The Kier molecular flexibility index (Phi) is 2.63. The summed E-state index contributed by atoms with van der Waals surface area (Å²) in [6.07, 6.45) is 0.872. The zero-order chi connectivity index (χ0) is 13.4. The molecule has 0 aliphatic carbocycles. The van der Waals surface area contributed by atoms with Gasteiger partial charge >= 0.3 is 6.09 Å². The van der Waals surface area contributed by atoms with Crippen LogP contribution in [0.25, 0.3) is 6.08 Å². The standard InChI is InChI=1S/C13H11NO5/c1-2-14-12(15)11(19-13(14)16)6-8-3-4-9-10(5-8)18-7-17-9/h3-6H,2,7H2,1H3/b11-6+. The van der Waals surface area contributed by atoms with Crippen LogP contribution in [0.1, 0.15) is 12.5 Å². The summed E-state index contributed by atoms with van der Waals surface area (Å²) >= 11 is 0. The minimum Gasteiger partial charge on any atom is -0.454 e. The molecule has 0 spiro atoms. The zero-order valence-electron chi connectivity index (χ0n) is 10.2. The molecule has 2 amide bonds. The normalized spacial score (nSPS) is 19.2. The summed E-state index contributed by atoms with van der Waals surface area (Å²) in [5, 5.41) is 0. The van der Waals surface area contributed by atoms with Crippen molar-refractivity contribution in [3.05, 3.63) is 29.5 Å². The highest BCUT2D eigenvalue weighted by molar-refractivity contribution is 6.09. The molecular formula is C13H11NO5. The van der Waals surface area contributed by atoms with Crippen LogP contribution in [-0.2, 0) is 9.53 Å². The Morgan fingerprint density at radius 1 is 1.26 bits per heavy atom. The van der Waals surface area contributed by atoms with Crippen LogP contribution in [-0.4, -0.2) is 30.2 Å². The first-order valence-electron chi connectivity index (χ1n) is 5.84. The van der Waals surface area contributed by atoms with Gasteiger partial charge < -0.3 is 14.2 Å².